The van der Waals surface area contributed by atoms with Crippen LogP contribution in [0, 0.1) is 47.3 Å². The molecule has 0 fully saturated rings. The van der Waals surface area contributed by atoms with Gasteiger partial charge in [-0.2, -0.15) is 0 Å². The maximum absolute atomic E-state index is 9.78. The van der Waals surface area contributed by atoms with Crippen LogP contribution in [-0.4, -0.2) is 37.6 Å². The van der Waals surface area contributed by atoms with Gasteiger partial charge in [0.2, 0.25) is 0 Å². The first-order valence-corrected chi connectivity index (χ1v) is 20.7. The van der Waals surface area contributed by atoms with Crippen molar-refractivity contribution >= 4 is 0 Å². The fourth-order valence-corrected chi connectivity index (χ4v) is 6.96. The highest BCUT2D eigenvalue weighted by Gasteiger charge is 2.13. The molecule has 0 aromatic rings. The summed E-state index contributed by atoms with van der Waals surface area (Å²) < 4.78 is 11.9. The zero-order valence-corrected chi connectivity index (χ0v) is 33.4. The Bertz CT molecular complexity index is 619. The third kappa shape index (κ3) is 31.2. The lowest BCUT2D eigenvalue weighted by atomic mass is 9.91. The van der Waals surface area contributed by atoms with E-state index in [0.717, 1.165) is 61.6 Å². The SMILES string of the molecule is CC(C)CCC[C@@H](C)CCC[C@H](C)CCC[C@H](C)CCOC[C@@H](CO)OCC[C@@H](C)CCC[C@@H](C)CCC[C@H](C)CCCC(C)C. The van der Waals surface area contributed by atoms with Crippen LogP contribution in [0.15, 0.2) is 0 Å². The van der Waals surface area contributed by atoms with Crippen LogP contribution >= 0.6 is 0 Å². The summed E-state index contributed by atoms with van der Waals surface area (Å²) in [5.74, 6) is 6.57. The van der Waals surface area contributed by atoms with Crippen LogP contribution in [-0.2, 0) is 9.47 Å². The summed E-state index contributed by atoms with van der Waals surface area (Å²) in [5.41, 5.74) is 0. The Balaban J connectivity index is 3.77. The van der Waals surface area contributed by atoms with Gasteiger partial charge in [-0.3, -0.25) is 0 Å². The Morgan fingerprint density at radius 3 is 0.957 bits per heavy atom. The van der Waals surface area contributed by atoms with E-state index in [1.165, 1.54) is 116 Å². The van der Waals surface area contributed by atoms with Crippen LogP contribution in [0.4, 0.5) is 0 Å². The largest absolute Gasteiger partial charge is 0.394 e. The number of aliphatic hydroxyl groups excluding tert-OH is 1. The molecule has 278 valence electrons. The molecule has 0 radical (unpaired) electrons. The lowest BCUT2D eigenvalue weighted by molar-refractivity contribution is -0.0471. The highest BCUT2D eigenvalue weighted by Crippen LogP contribution is 2.24. The second-order valence-electron chi connectivity index (χ2n) is 17.3. The van der Waals surface area contributed by atoms with Gasteiger partial charge in [0.25, 0.3) is 0 Å². The Hall–Kier alpha value is -0.120. The molecule has 0 rings (SSSR count). The summed E-state index contributed by atoms with van der Waals surface area (Å²) in [6.07, 6.45) is 26.8. The summed E-state index contributed by atoms with van der Waals surface area (Å²) in [6, 6.07) is 0. The number of hydrogen-bond donors (Lipinski definition) is 1. The fraction of sp³-hybridized carbons (Fsp3) is 1.00. The summed E-state index contributed by atoms with van der Waals surface area (Å²) in [7, 11) is 0. The number of hydrogen-bond acceptors (Lipinski definition) is 3. The van der Waals surface area contributed by atoms with Gasteiger partial charge in [-0.05, 0) is 60.2 Å². The average molecular weight is 653 g/mol. The zero-order valence-electron chi connectivity index (χ0n) is 33.4. The third-order valence-corrected chi connectivity index (χ3v) is 10.8. The van der Waals surface area contributed by atoms with Gasteiger partial charge >= 0.3 is 0 Å². The fourth-order valence-electron chi connectivity index (χ4n) is 6.96. The van der Waals surface area contributed by atoms with E-state index in [4.69, 9.17) is 9.47 Å². The van der Waals surface area contributed by atoms with E-state index < -0.39 is 0 Å². The lowest BCUT2D eigenvalue weighted by Crippen LogP contribution is -2.25. The van der Waals surface area contributed by atoms with E-state index in [2.05, 4.69) is 69.2 Å². The molecule has 0 amide bonds. The molecule has 0 heterocycles. The van der Waals surface area contributed by atoms with Crippen molar-refractivity contribution in [1.29, 1.82) is 0 Å². The maximum Gasteiger partial charge on any atom is 0.104 e. The molecule has 3 nitrogen and oxygen atoms in total. The Labute approximate surface area is 291 Å². The van der Waals surface area contributed by atoms with Gasteiger partial charge in [0.15, 0.2) is 0 Å². The van der Waals surface area contributed by atoms with Crippen molar-refractivity contribution in [2.24, 2.45) is 47.3 Å². The molecule has 0 aromatic carbocycles. The van der Waals surface area contributed by atoms with Gasteiger partial charge in [0, 0.05) is 13.2 Å². The monoisotopic (exact) mass is 653 g/mol. The highest BCUT2D eigenvalue weighted by atomic mass is 16.5. The van der Waals surface area contributed by atoms with Crippen molar-refractivity contribution in [3.63, 3.8) is 0 Å². The number of aliphatic hydroxyl groups is 1. The predicted molar refractivity (Wildman–Crippen MR) is 205 cm³/mol. The van der Waals surface area contributed by atoms with Gasteiger partial charge < -0.3 is 14.6 Å². The van der Waals surface area contributed by atoms with Crippen LogP contribution < -0.4 is 0 Å². The minimum Gasteiger partial charge on any atom is -0.394 e. The average Bonchev–Trinajstić information content (AvgIpc) is 2.98. The van der Waals surface area contributed by atoms with Gasteiger partial charge in [0.05, 0.1) is 13.2 Å². The highest BCUT2D eigenvalue weighted by molar-refractivity contribution is 4.64. The third-order valence-electron chi connectivity index (χ3n) is 10.8. The van der Waals surface area contributed by atoms with Gasteiger partial charge in [-0.15, -0.1) is 0 Å². The zero-order chi connectivity index (χ0) is 34.6. The second kappa shape index (κ2) is 30.9. The molecule has 0 aromatic heterocycles. The van der Waals surface area contributed by atoms with Crippen molar-refractivity contribution in [2.45, 2.75) is 204 Å². The van der Waals surface area contributed by atoms with Crippen LogP contribution in [0.5, 0.6) is 0 Å². The van der Waals surface area contributed by atoms with E-state index >= 15 is 0 Å². The molecular weight excluding hydrogens is 564 g/mol. The molecule has 0 saturated heterocycles. The van der Waals surface area contributed by atoms with E-state index in [1.807, 2.05) is 0 Å². The molecule has 46 heavy (non-hydrogen) atoms. The number of rotatable bonds is 34. The van der Waals surface area contributed by atoms with E-state index in [-0.39, 0.29) is 12.7 Å². The predicted octanol–water partition coefficient (Wildman–Crippen LogP) is 13.3. The van der Waals surface area contributed by atoms with Crippen molar-refractivity contribution in [3.05, 3.63) is 0 Å². The van der Waals surface area contributed by atoms with Crippen molar-refractivity contribution in [2.75, 3.05) is 26.4 Å². The summed E-state index contributed by atoms with van der Waals surface area (Å²) in [5, 5.41) is 9.78. The van der Waals surface area contributed by atoms with Crippen LogP contribution in [0.2, 0.25) is 0 Å². The molecule has 0 bridgehead atoms. The standard InChI is InChI=1S/C43H88O3/c1-35(2)17-11-19-37(5)21-13-23-39(7)25-15-27-41(9)29-31-45-34-43(33-44)46-32-30-42(10)28-16-26-40(8)24-14-22-38(6)20-12-18-36(3)4/h35-44H,11-34H2,1-10H3/t37-,38-,39+,40+,41+,42+,43-/m1/s1. The number of ether oxygens (including phenoxy) is 2. The van der Waals surface area contributed by atoms with E-state index in [9.17, 15) is 5.11 Å². The smallest absolute Gasteiger partial charge is 0.104 e. The molecule has 1 N–H and O–H groups in total. The molecule has 0 unspecified atom stereocenters. The Morgan fingerprint density at radius 1 is 0.370 bits per heavy atom. The molecular formula is C43H88O3. The van der Waals surface area contributed by atoms with Crippen LogP contribution in [0.1, 0.15) is 198 Å². The Morgan fingerprint density at radius 2 is 0.652 bits per heavy atom. The van der Waals surface area contributed by atoms with Gasteiger partial charge in [-0.25, -0.2) is 0 Å². The first-order valence-electron chi connectivity index (χ1n) is 20.7. The molecule has 0 spiro atoms. The maximum atomic E-state index is 9.78. The molecule has 0 aliphatic heterocycles. The lowest BCUT2D eigenvalue weighted by Gasteiger charge is -2.19. The van der Waals surface area contributed by atoms with Crippen molar-refractivity contribution < 1.29 is 14.6 Å². The Kier molecular flexibility index (Phi) is 30.8. The van der Waals surface area contributed by atoms with Crippen LogP contribution in [0.3, 0.4) is 0 Å². The first kappa shape index (κ1) is 45.9. The molecule has 0 aliphatic rings. The van der Waals surface area contributed by atoms with E-state index in [0.29, 0.717) is 18.4 Å². The summed E-state index contributed by atoms with van der Waals surface area (Å²) >= 11 is 0. The first-order chi connectivity index (χ1) is 21.9. The van der Waals surface area contributed by atoms with Crippen LogP contribution in [0.25, 0.3) is 0 Å². The van der Waals surface area contributed by atoms with Gasteiger partial charge in [0.1, 0.15) is 6.10 Å². The minimum absolute atomic E-state index is 0.0480. The van der Waals surface area contributed by atoms with E-state index in [1.54, 1.807) is 0 Å². The minimum atomic E-state index is -0.186. The topological polar surface area (TPSA) is 38.7 Å². The second-order valence-corrected chi connectivity index (χ2v) is 17.3. The summed E-state index contributed by atoms with van der Waals surface area (Å²) in [4.78, 5) is 0. The molecule has 0 aliphatic carbocycles. The van der Waals surface area contributed by atoms with Gasteiger partial charge in [-0.1, -0.05) is 185 Å². The molecule has 7 atom stereocenters. The summed E-state index contributed by atoms with van der Waals surface area (Å²) in [6.45, 7) is 25.9. The molecule has 3 heteroatoms. The normalized spacial score (nSPS) is 16.9. The molecule has 0 saturated carbocycles. The van der Waals surface area contributed by atoms with Crippen molar-refractivity contribution in [1.82, 2.24) is 0 Å². The quantitative estimate of drug-likeness (QED) is 0.0703. The van der Waals surface area contributed by atoms with Crippen molar-refractivity contribution in [3.8, 4) is 0 Å².